The van der Waals surface area contributed by atoms with Gasteiger partial charge in [0.1, 0.15) is 6.04 Å². The molecule has 0 unspecified atom stereocenters. The Bertz CT molecular complexity index is 1010. The van der Waals surface area contributed by atoms with E-state index in [0.717, 1.165) is 16.0 Å². The Labute approximate surface area is 201 Å². The fraction of sp³-hybridized carbons (Fsp3) is 0.286. The van der Waals surface area contributed by atoms with Crippen molar-refractivity contribution in [3.63, 3.8) is 0 Å². The molecule has 0 bridgehead atoms. The van der Waals surface area contributed by atoms with Crippen molar-refractivity contribution < 1.29 is 9.59 Å². The van der Waals surface area contributed by atoms with Gasteiger partial charge in [0, 0.05) is 36.6 Å². The van der Waals surface area contributed by atoms with Gasteiger partial charge in [0.25, 0.3) is 0 Å². The maximum atomic E-state index is 13.5. The molecule has 0 saturated heterocycles. The van der Waals surface area contributed by atoms with E-state index in [1.54, 1.807) is 16.7 Å². The first-order chi connectivity index (χ1) is 16.1. The molecule has 0 aliphatic heterocycles. The SMILES string of the molecule is CCNC(=O)[C@H](Cc1ccccc1)N(Cc1ccc(C)cc1)C(=O)CCSc1ccccc1. The molecule has 0 aliphatic rings. The molecule has 0 aromatic heterocycles. The van der Waals surface area contributed by atoms with E-state index >= 15 is 0 Å². The summed E-state index contributed by atoms with van der Waals surface area (Å²) in [5, 5.41) is 2.94. The van der Waals surface area contributed by atoms with E-state index in [4.69, 9.17) is 0 Å². The normalized spacial score (nSPS) is 11.6. The quantitative estimate of drug-likeness (QED) is 0.398. The second kappa shape index (κ2) is 12.9. The van der Waals surface area contributed by atoms with Crippen molar-refractivity contribution in [3.8, 4) is 0 Å². The molecule has 1 N–H and O–H groups in total. The summed E-state index contributed by atoms with van der Waals surface area (Å²) in [5.41, 5.74) is 3.22. The summed E-state index contributed by atoms with van der Waals surface area (Å²) in [6, 6.07) is 27.6. The summed E-state index contributed by atoms with van der Waals surface area (Å²) < 4.78 is 0. The molecule has 0 saturated carbocycles. The third kappa shape index (κ3) is 7.79. The fourth-order valence-electron chi connectivity index (χ4n) is 3.65. The van der Waals surface area contributed by atoms with Gasteiger partial charge in [-0.1, -0.05) is 78.4 Å². The van der Waals surface area contributed by atoms with Crippen LogP contribution in [0.5, 0.6) is 0 Å². The highest BCUT2D eigenvalue weighted by atomic mass is 32.2. The van der Waals surface area contributed by atoms with Gasteiger partial charge >= 0.3 is 0 Å². The predicted molar refractivity (Wildman–Crippen MR) is 136 cm³/mol. The van der Waals surface area contributed by atoms with E-state index in [2.05, 4.69) is 5.32 Å². The lowest BCUT2D eigenvalue weighted by Crippen LogP contribution is -2.50. The third-order valence-corrected chi connectivity index (χ3v) is 6.44. The van der Waals surface area contributed by atoms with Gasteiger partial charge in [-0.2, -0.15) is 0 Å². The minimum Gasteiger partial charge on any atom is -0.355 e. The summed E-state index contributed by atoms with van der Waals surface area (Å²) in [7, 11) is 0. The zero-order chi connectivity index (χ0) is 23.5. The molecule has 0 aliphatic carbocycles. The Morgan fingerprint density at radius 3 is 2.15 bits per heavy atom. The molecular weight excluding hydrogens is 428 g/mol. The highest BCUT2D eigenvalue weighted by Gasteiger charge is 2.29. The van der Waals surface area contributed by atoms with Gasteiger partial charge in [0.05, 0.1) is 0 Å². The minimum absolute atomic E-state index is 0.00816. The second-order valence-corrected chi connectivity index (χ2v) is 9.19. The van der Waals surface area contributed by atoms with Crippen molar-refractivity contribution in [1.82, 2.24) is 10.2 Å². The number of thioether (sulfide) groups is 1. The Kier molecular flexibility index (Phi) is 9.58. The molecule has 0 fully saturated rings. The van der Waals surface area contributed by atoms with Crippen LogP contribution in [0.1, 0.15) is 30.0 Å². The number of hydrogen-bond acceptors (Lipinski definition) is 3. The standard InChI is InChI=1S/C28H32N2O2S/c1-3-29-28(32)26(20-23-10-6-4-7-11-23)30(21-24-16-14-22(2)15-17-24)27(31)18-19-33-25-12-8-5-9-13-25/h4-17,26H,3,18-21H2,1-2H3,(H,29,32)/t26-/m0/s1. The lowest BCUT2D eigenvalue weighted by Gasteiger charge is -2.31. The molecule has 33 heavy (non-hydrogen) atoms. The van der Waals surface area contributed by atoms with Gasteiger partial charge in [0.15, 0.2) is 0 Å². The lowest BCUT2D eigenvalue weighted by atomic mass is 10.0. The van der Waals surface area contributed by atoms with Crippen molar-refractivity contribution in [2.75, 3.05) is 12.3 Å². The monoisotopic (exact) mass is 460 g/mol. The van der Waals surface area contributed by atoms with Crippen LogP contribution in [0.25, 0.3) is 0 Å². The van der Waals surface area contributed by atoms with E-state index in [-0.39, 0.29) is 11.8 Å². The number of carbonyl (C=O) groups excluding carboxylic acids is 2. The molecule has 0 radical (unpaired) electrons. The number of rotatable bonds is 11. The van der Waals surface area contributed by atoms with Gasteiger partial charge < -0.3 is 10.2 Å². The Morgan fingerprint density at radius 1 is 0.879 bits per heavy atom. The van der Waals surface area contributed by atoms with E-state index in [1.807, 2.05) is 98.8 Å². The number of aryl methyl sites for hydroxylation is 1. The summed E-state index contributed by atoms with van der Waals surface area (Å²) >= 11 is 1.66. The maximum Gasteiger partial charge on any atom is 0.243 e. The van der Waals surface area contributed by atoms with Gasteiger partial charge in [-0.3, -0.25) is 9.59 Å². The maximum absolute atomic E-state index is 13.5. The van der Waals surface area contributed by atoms with Crippen LogP contribution in [-0.4, -0.2) is 35.1 Å². The molecule has 5 heteroatoms. The second-order valence-electron chi connectivity index (χ2n) is 8.02. The van der Waals surface area contributed by atoms with Crippen LogP contribution in [0.4, 0.5) is 0 Å². The fourth-order valence-corrected chi connectivity index (χ4v) is 4.51. The Morgan fingerprint density at radius 2 is 1.52 bits per heavy atom. The van der Waals surface area contributed by atoms with Crippen LogP contribution in [0.3, 0.4) is 0 Å². The van der Waals surface area contributed by atoms with E-state index in [9.17, 15) is 9.59 Å². The van der Waals surface area contributed by atoms with Gasteiger partial charge in [-0.15, -0.1) is 11.8 Å². The van der Waals surface area contributed by atoms with Crippen molar-refractivity contribution in [1.29, 1.82) is 0 Å². The zero-order valence-corrected chi connectivity index (χ0v) is 20.2. The van der Waals surface area contributed by atoms with E-state index < -0.39 is 6.04 Å². The summed E-state index contributed by atoms with van der Waals surface area (Å²) in [5.74, 6) is 0.546. The summed E-state index contributed by atoms with van der Waals surface area (Å²) in [6.07, 6.45) is 0.853. The number of benzene rings is 3. The molecular formula is C28H32N2O2S. The highest BCUT2D eigenvalue weighted by Crippen LogP contribution is 2.21. The van der Waals surface area contributed by atoms with Crippen molar-refractivity contribution in [2.45, 2.75) is 44.2 Å². The third-order valence-electron chi connectivity index (χ3n) is 5.42. The van der Waals surface area contributed by atoms with Crippen LogP contribution in [0.2, 0.25) is 0 Å². The first kappa shape index (κ1) is 24.6. The Hall–Kier alpha value is -3.05. The first-order valence-corrected chi connectivity index (χ1v) is 12.4. The van der Waals surface area contributed by atoms with Gasteiger partial charge in [-0.25, -0.2) is 0 Å². The number of nitrogens with one attached hydrogen (secondary N) is 1. The molecule has 3 rings (SSSR count). The number of likely N-dealkylation sites (N-methyl/N-ethyl adjacent to an activating group) is 1. The molecule has 4 nitrogen and oxygen atoms in total. The number of carbonyl (C=O) groups is 2. The van der Waals surface area contributed by atoms with E-state index in [1.165, 1.54) is 5.56 Å². The zero-order valence-electron chi connectivity index (χ0n) is 19.4. The average Bonchev–Trinajstić information content (AvgIpc) is 2.84. The van der Waals surface area contributed by atoms with Crippen molar-refractivity contribution in [2.24, 2.45) is 0 Å². The average molecular weight is 461 g/mol. The molecule has 0 spiro atoms. The molecule has 2 amide bonds. The number of hydrogen-bond donors (Lipinski definition) is 1. The predicted octanol–water partition coefficient (Wildman–Crippen LogP) is 5.25. The summed E-state index contributed by atoms with van der Waals surface area (Å²) in [6.45, 7) is 4.88. The summed E-state index contributed by atoms with van der Waals surface area (Å²) in [4.78, 5) is 29.5. The van der Waals surface area contributed by atoms with Crippen LogP contribution in [0, 0.1) is 6.92 Å². The van der Waals surface area contributed by atoms with Crippen LogP contribution in [0.15, 0.2) is 89.8 Å². The van der Waals surface area contributed by atoms with Gasteiger partial charge in [-0.05, 0) is 37.1 Å². The van der Waals surface area contributed by atoms with Gasteiger partial charge in [0.2, 0.25) is 11.8 Å². The Balaban J connectivity index is 1.81. The first-order valence-electron chi connectivity index (χ1n) is 11.4. The van der Waals surface area contributed by atoms with E-state index in [0.29, 0.717) is 31.7 Å². The van der Waals surface area contributed by atoms with Crippen LogP contribution >= 0.6 is 11.8 Å². The number of nitrogens with zero attached hydrogens (tertiary/aromatic N) is 1. The highest BCUT2D eigenvalue weighted by molar-refractivity contribution is 7.99. The topological polar surface area (TPSA) is 49.4 Å². The molecule has 1 atom stereocenters. The van der Waals surface area contributed by atoms with Crippen LogP contribution < -0.4 is 5.32 Å². The van der Waals surface area contributed by atoms with Crippen molar-refractivity contribution >= 4 is 23.6 Å². The molecule has 0 heterocycles. The molecule has 172 valence electrons. The smallest absolute Gasteiger partial charge is 0.243 e. The number of amides is 2. The molecule has 3 aromatic carbocycles. The minimum atomic E-state index is -0.567. The lowest BCUT2D eigenvalue weighted by molar-refractivity contribution is -0.140. The largest absolute Gasteiger partial charge is 0.355 e. The van der Waals surface area contributed by atoms with Crippen molar-refractivity contribution in [3.05, 3.63) is 102 Å². The molecule has 3 aromatic rings. The van der Waals surface area contributed by atoms with Crippen LogP contribution in [-0.2, 0) is 22.6 Å².